The van der Waals surface area contributed by atoms with Crippen molar-refractivity contribution in [3.63, 3.8) is 0 Å². The van der Waals surface area contributed by atoms with E-state index in [2.05, 4.69) is 20.2 Å². The van der Waals surface area contributed by atoms with Crippen LogP contribution in [0.2, 0.25) is 0 Å². The molecule has 7 nitrogen and oxygen atoms in total. The van der Waals surface area contributed by atoms with Crippen LogP contribution < -0.4 is 10.2 Å². The molecule has 1 N–H and O–H groups in total. The highest BCUT2D eigenvalue weighted by atomic mass is 19.1. The minimum absolute atomic E-state index is 0.0653. The summed E-state index contributed by atoms with van der Waals surface area (Å²) in [5.74, 6) is 0.198. The molecule has 148 valence electrons. The second-order valence-electron chi connectivity index (χ2n) is 7.07. The number of anilines is 2. The smallest absolute Gasteiger partial charge is 0.257 e. The van der Waals surface area contributed by atoms with Gasteiger partial charge in [-0.25, -0.2) is 14.4 Å². The zero-order valence-electron chi connectivity index (χ0n) is 15.7. The van der Waals surface area contributed by atoms with E-state index in [1.165, 1.54) is 12.1 Å². The van der Waals surface area contributed by atoms with Crippen molar-refractivity contribution in [3.8, 4) is 0 Å². The van der Waals surface area contributed by atoms with E-state index in [-0.39, 0.29) is 17.8 Å². The van der Waals surface area contributed by atoms with Crippen LogP contribution in [0.4, 0.5) is 16.0 Å². The van der Waals surface area contributed by atoms with Crippen molar-refractivity contribution in [1.29, 1.82) is 0 Å². The summed E-state index contributed by atoms with van der Waals surface area (Å²) < 4.78 is 18.6. The Labute approximate surface area is 163 Å². The Balaban J connectivity index is 1.29. The minimum atomic E-state index is -0.244. The molecule has 0 radical (unpaired) electrons. The lowest BCUT2D eigenvalue weighted by Crippen LogP contribution is -2.48. The molecule has 1 amide bonds. The first kappa shape index (κ1) is 18.6. The first-order valence-electron chi connectivity index (χ1n) is 9.66. The number of carbonyl (C=O) groups is 1. The van der Waals surface area contributed by atoms with Gasteiger partial charge in [-0.05, 0) is 37.1 Å². The Hall–Kier alpha value is -2.74. The van der Waals surface area contributed by atoms with Crippen LogP contribution in [0.15, 0.2) is 36.7 Å². The van der Waals surface area contributed by atoms with Crippen molar-refractivity contribution >= 4 is 17.5 Å². The first-order valence-corrected chi connectivity index (χ1v) is 9.66. The number of ether oxygens (including phenoxy) is 1. The van der Waals surface area contributed by atoms with Gasteiger partial charge < -0.3 is 19.9 Å². The number of halogens is 1. The van der Waals surface area contributed by atoms with Gasteiger partial charge in [-0.3, -0.25) is 4.79 Å². The fourth-order valence-corrected chi connectivity index (χ4v) is 3.54. The number of nitrogens with zero attached hydrogens (tertiary/aromatic N) is 4. The van der Waals surface area contributed by atoms with Crippen LogP contribution in [0, 0.1) is 5.82 Å². The normalized spacial score (nSPS) is 19.7. The Bertz CT molecular complexity index is 785. The van der Waals surface area contributed by atoms with Gasteiger partial charge in [0.2, 0.25) is 5.95 Å². The van der Waals surface area contributed by atoms with Crippen LogP contribution in [0.5, 0.6) is 0 Å². The van der Waals surface area contributed by atoms with E-state index in [0.717, 1.165) is 25.1 Å². The molecular weight excluding hydrogens is 361 g/mol. The van der Waals surface area contributed by atoms with Gasteiger partial charge in [0, 0.05) is 57.4 Å². The zero-order valence-corrected chi connectivity index (χ0v) is 15.7. The molecule has 2 aliphatic heterocycles. The van der Waals surface area contributed by atoms with Gasteiger partial charge in [-0.15, -0.1) is 0 Å². The summed E-state index contributed by atoms with van der Waals surface area (Å²) in [6.07, 6.45) is 5.49. The summed E-state index contributed by atoms with van der Waals surface area (Å²) in [4.78, 5) is 25.2. The Kier molecular flexibility index (Phi) is 5.66. The van der Waals surface area contributed by atoms with Gasteiger partial charge in [0.25, 0.3) is 5.91 Å². The topological polar surface area (TPSA) is 70.6 Å². The fourth-order valence-electron chi connectivity index (χ4n) is 3.54. The van der Waals surface area contributed by atoms with Gasteiger partial charge >= 0.3 is 0 Å². The van der Waals surface area contributed by atoms with Crippen LogP contribution in [0.3, 0.4) is 0 Å². The van der Waals surface area contributed by atoms with Gasteiger partial charge in [0.15, 0.2) is 0 Å². The van der Waals surface area contributed by atoms with Crippen LogP contribution in [-0.4, -0.2) is 66.2 Å². The number of amides is 1. The average molecular weight is 385 g/mol. The van der Waals surface area contributed by atoms with Crippen LogP contribution in [-0.2, 0) is 4.74 Å². The molecule has 1 unspecified atom stereocenters. The molecule has 1 aromatic heterocycles. The number of benzene rings is 1. The highest BCUT2D eigenvalue weighted by Crippen LogP contribution is 2.18. The van der Waals surface area contributed by atoms with E-state index in [0.29, 0.717) is 44.2 Å². The summed E-state index contributed by atoms with van der Waals surface area (Å²) in [5.41, 5.74) is 1.46. The summed E-state index contributed by atoms with van der Waals surface area (Å²) in [7, 11) is 0. The molecule has 0 saturated carbocycles. The minimum Gasteiger partial charge on any atom is -0.376 e. The number of hydrogen-bond donors (Lipinski definition) is 1. The SMILES string of the molecule is O=C(c1cnc(NCC2CCCO2)nc1)N1CCN(c2ccc(F)cc2)CC1. The van der Waals surface area contributed by atoms with Gasteiger partial charge in [-0.2, -0.15) is 0 Å². The van der Waals surface area contributed by atoms with Gasteiger partial charge in [0.1, 0.15) is 5.82 Å². The van der Waals surface area contributed by atoms with Crippen LogP contribution in [0.25, 0.3) is 0 Å². The van der Waals surface area contributed by atoms with Crippen LogP contribution in [0.1, 0.15) is 23.2 Å². The lowest BCUT2D eigenvalue weighted by Gasteiger charge is -2.36. The molecule has 2 aromatic rings. The quantitative estimate of drug-likeness (QED) is 0.851. The number of carbonyl (C=O) groups excluding carboxylic acids is 1. The maximum absolute atomic E-state index is 13.1. The molecule has 1 aromatic carbocycles. The second-order valence-corrected chi connectivity index (χ2v) is 7.07. The van der Waals surface area contributed by atoms with E-state index >= 15 is 0 Å². The van der Waals surface area contributed by atoms with Crippen molar-refractivity contribution in [2.75, 3.05) is 49.5 Å². The van der Waals surface area contributed by atoms with Crippen molar-refractivity contribution in [2.45, 2.75) is 18.9 Å². The maximum atomic E-state index is 13.1. The lowest BCUT2D eigenvalue weighted by molar-refractivity contribution is 0.0746. The molecule has 8 heteroatoms. The molecule has 28 heavy (non-hydrogen) atoms. The third kappa shape index (κ3) is 4.39. The fraction of sp³-hybridized carbons (Fsp3) is 0.450. The standard InChI is InChI=1S/C20H24FN5O2/c21-16-3-5-17(6-4-16)25-7-9-26(10-8-25)19(27)15-12-22-20(23-13-15)24-14-18-2-1-11-28-18/h3-6,12-13,18H,1-2,7-11,14H2,(H,22,23,24). The van der Waals surface area contributed by atoms with Crippen molar-refractivity contribution < 1.29 is 13.9 Å². The molecule has 0 aliphatic carbocycles. The molecule has 0 spiro atoms. The molecule has 1 atom stereocenters. The molecular formula is C20H24FN5O2. The van der Waals surface area contributed by atoms with E-state index in [1.807, 2.05) is 0 Å². The van der Waals surface area contributed by atoms with Crippen molar-refractivity contribution in [1.82, 2.24) is 14.9 Å². The molecule has 0 bridgehead atoms. The average Bonchev–Trinajstić information content (AvgIpc) is 3.27. The molecule has 2 aliphatic rings. The third-order valence-electron chi connectivity index (χ3n) is 5.17. The van der Waals surface area contributed by atoms with Gasteiger partial charge in [0.05, 0.1) is 11.7 Å². The number of rotatable bonds is 5. The predicted molar refractivity (Wildman–Crippen MR) is 104 cm³/mol. The van der Waals surface area contributed by atoms with E-state index in [1.54, 1.807) is 29.4 Å². The van der Waals surface area contributed by atoms with E-state index in [4.69, 9.17) is 4.74 Å². The maximum Gasteiger partial charge on any atom is 0.257 e. The van der Waals surface area contributed by atoms with E-state index in [9.17, 15) is 9.18 Å². The summed E-state index contributed by atoms with van der Waals surface area (Å²) >= 11 is 0. The largest absolute Gasteiger partial charge is 0.376 e. The van der Waals surface area contributed by atoms with Crippen molar-refractivity contribution in [3.05, 3.63) is 48.0 Å². The molecule has 3 heterocycles. The first-order chi connectivity index (χ1) is 13.7. The highest BCUT2D eigenvalue weighted by molar-refractivity contribution is 5.93. The van der Waals surface area contributed by atoms with E-state index < -0.39 is 0 Å². The Morgan fingerprint density at radius 2 is 1.86 bits per heavy atom. The molecule has 2 saturated heterocycles. The van der Waals surface area contributed by atoms with Gasteiger partial charge in [-0.1, -0.05) is 0 Å². The van der Waals surface area contributed by atoms with Crippen LogP contribution >= 0.6 is 0 Å². The number of aromatic nitrogens is 2. The van der Waals surface area contributed by atoms with Crippen molar-refractivity contribution in [2.24, 2.45) is 0 Å². The summed E-state index contributed by atoms with van der Waals surface area (Å²) in [6, 6.07) is 6.45. The molecule has 2 fully saturated rings. The number of piperazine rings is 1. The lowest BCUT2D eigenvalue weighted by atomic mass is 10.2. The zero-order chi connectivity index (χ0) is 19.3. The summed E-state index contributed by atoms with van der Waals surface area (Å²) in [5, 5.41) is 3.15. The number of hydrogen-bond acceptors (Lipinski definition) is 6. The Morgan fingerprint density at radius 1 is 1.14 bits per heavy atom. The summed E-state index contributed by atoms with van der Waals surface area (Å²) in [6.45, 7) is 4.12. The second kappa shape index (κ2) is 8.52. The third-order valence-corrected chi connectivity index (χ3v) is 5.17. The highest BCUT2D eigenvalue weighted by Gasteiger charge is 2.23. The number of nitrogens with one attached hydrogen (secondary N) is 1. The monoisotopic (exact) mass is 385 g/mol. The molecule has 4 rings (SSSR count). The predicted octanol–water partition coefficient (Wildman–Crippen LogP) is 2.17. The Morgan fingerprint density at radius 3 is 2.50 bits per heavy atom.